The van der Waals surface area contributed by atoms with E-state index in [9.17, 15) is 14.4 Å². The van der Waals surface area contributed by atoms with Crippen LogP contribution in [0.5, 0.6) is 0 Å². The Hall–Kier alpha value is -1.63. The fraction of sp³-hybridized carbons (Fsp3) is 0.833. The summed E-state index contributed by atoms with van der Waals surface area (Å²) in [6, 6.07) is 0.479. The monoisotopic (exact) mass is 352 g/mol. The van der Waals surface area contributed by atoms with E-state index < -0.39 is 5.54 Å². The molecule has 0 bridgehead atoms. The lowest BCUT2D eigenvalue weighted by atomic mass is 9.51. The first-order valence-electron chi connectivity index (χ1n) is 9.26. The van der Waals surface area contributed by atoms with Crippen molar-refractivity contribution in [2.45, 2.75) is 63.5 Å². The van der Waals surface area contributed by atoms with Crippen molar-refractivity contribution < 1.29 is 14.4 Å². The second kappa shape index (κ2) is 7.72. The molecule has 0 unspecified atom stereocenters. The normalized spacial score (nSPS) is 34.0. The number of hydrogen-bond acceptors (Lipinski definition) is 4. The lowest BCUT2D eigenvalue weighted by Crippen LogP contribution is -2.63. The molecule has 3 aliphatic rings. The molecule has 3 fully saturated rings. The maximum absolute atomic E-state index is 12.3. The topological polar surface area (TPSA) is 81.8 Å². The van der Waals surface area contributed by atoms with Gasteiger partial charge < -0.3 is 15.5 Å². The lowest BCUT2D eigenvalue weighted by molar-refractivity contribution is -0.147. The van der Waals surface area contributed by atoms with Crippen LogP contribution in [0, 0.1) is 5.41 Å². The van der Waals surface area contributed by atoms with Gasteiger partial charge in [-0.3, -0.25) is 14.5 Å². The van der Waals surface area contributed by atoms with E-state index in [-0.39, 0.29) is 11.9 Å². The number of carbonyl (C=O) groups is 3. The van der Waals surface area contributed by atoms with Crippen LogP contribution in [0.15, 0.2) is 0 Å². The Balaban J connectivity index is 0.000000326. The largest absolute Gasteiger partial charge is 0.359 e. The average molecular weight is 352 g/mol. The van der Waals surface area contributed by atoms with E-state index in [4.69, 9.17) is 0 Å². The number of nitrogens with zero attached hydrogens (tertiary/aromatic N) is 2. The zero-order chi connectivity index (χ0) is 18.7. The van der Waals surface area contributed by atoms with Gasteiger partial charge in [0.1, 0.15) is 5.54 Å². The van der Waals surface area contributed by atoms with Crippen LogP contribution in [0.25, 0.3) is 0 Å². The first kappa shape index (κ1) is 19.7. The minimum Gasteiger partial charge on any atom is -0.359 e. The molecular formula is C18H32N4O3. The maximum Gasteiger partial charge on any atom is 0.327 e. The number of rotatable bonds is 4. The van der Waals surface area contributed by atoms with Crippen LogP contribution in [0.2, 0.25) is 0 Å². The van der Waals surface area contributed by atoms with Crippen molar-refractivity contribution in [2.24, 2.45) is 5.41 Å². The highest BCUT2D eigenvalue weighted by molar-refractivity contribution is 6.07. The van der Waals surface area contributed by atoms with Gasteiger partial charge in [0.25, 0.3) is 5.91 Å². The standard InChI is InChI=1S/C14H23N3O2.C4H9NO/c1-15-10-4-6-13(7-5-10)8-14(9-13)11(18)16(2)12(19)17(14)3;1-2-3-5-4-6/h10,15H,4-9H2,1-3H3;4H,2-3H2,1H3,(H,5,6). The fourth-order valence-electron chi connectivity index (χ4n) is 4.60. The Morgan fingerprint density at radius 2 is 1.80 bits per heavy atom. The van der Waals surface area contributed by atoms with Gasteiger partial charge in [-0.25, -0.2) is 4.79 Å². The molecule has 1 saturated heterocycles. The molecule has 1 aliphatic heterocycles. The summed E-state index contributed by atoms with van der Waals surface area (Å²) in [5.41, 5.74) is -0.207. The third kappa shape index (κ3) is 3.52. The molecular weight excluding hydrogens is 320 g/mol. The van der Waals surface area contributed by atoms with E-state index in [1.165, 1.54) is 30.6 Å². The molecule has 0 atom stereocenters. The highest BCUT2D eigenvalue weighted by Gasteiger charge is 2.66. The van der Waals surface area contributed by atoms with Crippen LogP contribution in [-0.2, 0) is 9.59 Å². The molecule has 0 aromatic heterocycles. The first-order valence-corrected chi connectivity index (χ1v) is 9.26. The molecule has 0 aromatic carbocycles. The summed E-state index contributed by atoms with van der Waals surface area (Å²) in [6.07, 6.45) is 8.19. The number of hydrogen-bond donors (Lipinski definition) is 2. The van der Waals surface area contributed by atoms with Crippen molar-refractivity contribution in [1.29, 1.82) is 0 Å². The first-order chi connectivity index (χ1) is 11.9. The van der Waals surface area contributed by atoms with Crippen molar-refractivity contribution in [3.05, 3.63) is 0 Å². The fourth-order valence-corrected chi connectivity index (χ4v) is 4.60. The average Bonchev–Trinajstić information content (AvgIpc) is 2.76. The predicted octanol–water partition coefficient (Wildman–Crippen LogP) is 1.33. The Kier molecular flexibility index (Phi) is 6.08. The molecule has 2 N–H and O–H groups in total. The smallest absolute Gasteiger partial charge is 0.327 e. The van der Waals surface area contributed by atoms with Crippen LogP contribution in [0.1, 0.15) is 51.9 Å². The second-order valence-corrected chi connectivity index (χ2v) is 7.73. The SMILES string of the molecule is CCCNC=O.CNC1CCC2(CC1)CC1(C2)C(=O)N(C)C(=O)N1C. The van der Waals surface area contributed by atoms with Gasteiger partial charge in [0.15, 0.2) is 0 Å². The molecule has 25 heavy (non-hydrogen) atoms. The van der Waals surface area contributed by atoms with E-state index in [1.807, 2.05) is 14.0 Å². The number of amides is 4. The van der Waals surface area contributed by atoms with E-state index in [2.05, 4.69) is 10.6 Å². The summed E-state index contributed by atoms with van der Waals surface area (Å²) in [7, 11) is 5.39. The van der Waals surface area contributed by atoms with Crippen LogP contribution >= 0.6 is 0 Å². The number of imide groups is 1. The van der Waals surface area contributed by atoms with E-state index in [0.29, 0.717) is 17.9 Å². The van der Waals surface area contributed by atoms with Gasteiger partial charge in [-0.15, -0.1) is 0 Å². The summed E-state index contributed by atoms with van der Waals surface area (Å²) < 4.78 is 0. The van der Waals surface area contributed by atoms with Gasteiger partial charge in [-0.2, -0.15) is 0 Å². The van der Waals surface area contributed by atoms with Gasteiger partial charge >= 0.3 is 6.03 Å². The van der Waals surface area contributed by atoms with E-state index in [1.54, 1.807) is 19.0 Å². The zero-order valence-corrected chi connectivity index (χ0v) is 15.9. The predicted molar refractivity (Wildman–Crippen MR) is 96.0 cm³/mol. The Morgan fingerprint density at radius 3 is 2.16 bits per heavy atom. The van der Waals surface area contributed by atoms with Crippen molar-refractivity contribution in [2.75, 3.05) is 27.7 Å². The molecule has 0 radical (unpaired) electrons. The number of likely N-dealkylation sites (N-methyl/N-ethyl adjacent to an activating group) is 2. The molecule has 1 heterocycles. The minimum atomic E-state index is -0.516. The molecule has 142 valence electrons. The number of nitrogens with one attached hydrogen (secondary N) is 2. The molecule has 0 aromatic rings. The summed E-state index contributed by atoms with van der Waals surface area (Å²) in [4.78, 5) is 36.7. The van der Waals surface area contributed by atoms with Crippen molar-refractivity contribution in [3.63, 3.8) is 0 Å². The molecule has 2 spiro atoms. The van der Waals surface area contributed by atoms with Crippen LogP contribution < -0.4 is 10.6 Å². The van der Waals surface area contributed by atoms with Crippen molar-refractivity contribution in [3.8, 4) is 0 Å². The maximum atomic E-state index is 12.3. The number of carbonyl (C=O) groups excluding carboxylic acids is 3. The quantitative estimate of drug-likeness (QED) is 0.454. The van der Waals surface area contributed by atoms with Crippen LogP contribution in [0.4, 0.5) is 4.79 Å². The van der Waals surface area contributed by atoms with Gasteiger partial charge in [-0.05, 0) is 57.4 Å². The molecule has 2 saturated carbocycles. The van der Waals surface area contributed by atoms with Crippen LogP contribution in [-0.4, -0.2) is 67.4 Å². The lowest BCUT2D eigenvalue weighted by Gasteiger charge is -2.57. The minimum absolute atomic E-state index is 0.00126. The van der Waals surface area contributed by atoms with Crippen molar-refractivity contribution >= 4 is 18.3 Å². The van der Waals surface area contributed by atoms with Gasteiger partial charge in [0, 0.05) is 26.7 Å². The van der Waals surface area contributed by atoms with Crippen molar-refractivity contribution in [1.82, 2.24) is 20.4 Å². The molecule has 7 heteroatoms. The number of urea groups is 1. The third-order valence-corrected chi connectivity index (χ3v) is 6.19. The second-order valence-electron chi connectivity index (χ2n) is 7.73. The highest BCUT2D eigenvalue weighted by atomic mass is 16.2. The Labute approximate surface area is 150 Å². The highest BCUT2D eigenvalue weighted by Crippen LogP contribution is 2.60. The summed E-state index contributed by atoms with van der Waals surface area (Å²) >= 11 is 0. The van der Waals surface area contributed by atoms with Gasteiger partial charge in [0.05, 0.1) is 0 Å². The van der Waals surface area contributed by atoms with Gasteiger partial charge in [-0.1, -0.05) is 6.92 Å². The molecule has 3 rings (SSSR count). The molecule has 2 aliphatic carbocycles. The van der Waals surface area contributed by atoms with E-state index >= 15 is 0 Å². The molecule has 7 nitrogen and oxygen atoms in total. The summed E-state index contributed by atoms with van der Waals surface area (Å²) in [6.45, 7) is 2.81. The van der Waals surface area contributed by atoms with Crippen LogP contribution in [0.3, 0.4) is 0 Å². The van der Waals surface area contributed by atoms with Gasteiger partial charge in [0.2, 0.25) is 6.41 Å². The zero-order valence-electron chi connectivity index (χ0n) is 15.9. The molecule has 4 amide bonds. The summed E-state index contributed by atoms with van der Waals surface area (Å²) in [5.74, 6) is 0.00126. The summed E-state index contributed by atoms with van der Waals surface area (Å²) in [5, 5.41) is 5.86. The Bertz CT molecular complexity index is 506. The Morgan fingerprint density at radius 1 is 1.20 bits per heavy atom. The third-order valence-electron chi connectivity index (χ3n) is 6.19. The van der Waals surface area contributed by atoms with E-state index in [0.717, 1.165) is 25.8 Å².